The fourth-order valence-corrected chi connectivity index (χ4v) is 2.13. The first kappa shape index (κ1) is 9.94. The Morgan fingerprint density at radius 1 is 1.50 bits per heavy atom. The molecule has 12 heavy (non-hydrogen) atoms. The van der Waals surface area contributed by atoms with E-state index in [1.807, 2.05) is 0 Å². The number of aromatic nitrogens is 1. The molecule has 0 spiro atoms. The summed E-state index contributed by atoms with van der Waals surface area (Å²) in [5, 5.41) is 8.55. The van der Waals surface area contributed by atoms with Gasteiger partial charge in [-0.05, 0) is 15.9 Å². The van der Waals surface area contributed by atoms with Crippen LogP contribution in [-0.4, -0.2) is 10.1 Å². The summed E-state index contributed by atoms with van der Waals surface area (Å²) < 4.78 is 36.0. The summed E-state index contributed by atoms with van der Waals surface area (Å²) in [5.74, 6) is 0. The van der Waals surface area contributed by atoms with Gasteiger partial charge >= 0.3 is 6.18 Å². The predicted octanol–water partition coefficient (Wildman–Crippen LogP) is 2.42. The molecule has 1 aromatic heterocycles. The molecule has 0 saturated heterocycles. The summed E-state index contributed by atoms with van der Waals surface area (Å²) >= 11 is 3.50. The van der Waals surface area contributed by atoms with Crippen LogP contribution in [0, 0.1) is 0 Å². The number of aliphatic hydroxyl groups excluding tert-OH is 1. The third kappa shape index (κ3) is 1.96. The molecule has 0 bridgehead atoms. The Morgan fingerprint density at radius 2 is 2.08 bits per heavy atom. The van der Waals surface area contributed by atoms with Crippen molar-refractivity contribution >= 4 is 27.3 Å². The normalized spacial score (nSPS) is 12.1. The number of hydrogen-bond acceptors (Lipinski definition) is 3. The van der Waals surface area contributed by atoms with Gasteiger partial charge in [-0.15, -0.1) is 11.3 Å². The van der Waals surface area contributed by atoms with E-state index in [9.17, 15) is 13.2 Å². The molecule has 1 aromatic rings. The topological polar surface area (TPSA) is 33.1 Å². The van der Waals surface area contributed by atoms with Crippen molar-refractivity contribution in [1.29, 1.82) is 0 Å². The number of thiazole rings is 1. The minimum Gasteiger partial charge on any atom is -0.389 e. The molecular formula is C5H3BrF3NOS. The van der Waals surface area contributed by atoms with Gasteiger partial charge in [0.25, 0.3) is 0 Å². The zero-order valence-electron chi connectivity index (χ0n) is 5.52. The van der Waals surface area contributed by atoms with Crippen LogP contribution in [0.2, 0.25) is 0 Å². The summed E-state index contributed by atoms with van der Waals surface area (Å²) in [7, 11) is 0. The smallest absolute Gasteiger partial charge is 0.389 e. The highest BCUT2D eigenvalue weighted by atomic mass is 79.9. The fourth-order valence-electron chi connectivity index (χ4n) is 0.586. The maximum atomic E-state index is 12.0. The summed E-state index contributed by atoms with van der Waals surface area (Å²) in [6.45, 7) is -0.473. The molecule has 1 heterocycles. The zero-order valence-corrected chi connectivity index (χ0v) is 7.92. The monoisotopic (exact) mass is 261 g/mol. The van der Waals surface area contributed by atoms with Crippen LogP contribution in [-0.2, 0) is 12.8 Å². The molecule has 2 nitrogen and oxygen atoms in total. The van der Waals surface area contributed by atoms with Crippen molar-refractivity contribution in [3.05, 3.63) is 14.5 Å². The molecule has 68 valence electrons. The van der Waals surface area contributed by atoms with Crippen molar-refractivity contribution < 1.29 is 18.3 Å². The van der Waals surface area contributed by atoms with Gasteiger partial charge in [0, 0.05) is 0 Å². The zero-order chi connectivity index (χ0) is 9.35. The minimum atomic E-state index is -4.46. The van der Waals surface area contributed by atoms with Crippen LogP contribution in [0.1, 0.15) is 10.7 Å². The number of aliphatic hydroxyl groups is 1. The molecule has 0 aliphatic rings. The standard InChI is InChI=1S/C5H3BrF3NOS/c6-4-3(5(7,8)9)10-2(1-11)12-4/h11H,1H2. The maximum absolute atomic E-state index is 12.0. The lowest BCUT2D eigenvalue weighted by Crippen LogP contribution is -2.06. The highest BCUT2D eigenvalue weighted by Gasteiger charge is 2.36. The van der Waals surface area contributed by atoms with E-state index in [4.69, 9.17) is 5.11 Å². The van der Waals surface area contributed by atoms with Gasteiger partial charge in [0.05, 0.1) is 6.61 Å². The molecule has 0 aromatic carbocycles. The molecule has 0 fully saturated rings. The van der Waals surface area contributed by atoms with Gasteiger partial charge in [-0.2, -0.15) is 13.2 Å². The van der Waals surface area contributed by atoms with Gasteiger partial charge < -0.3 is 5.11 Å². The van der Waals surface area contributed by atoms with Crippen LogP contribution in [0.25, 0.3) is 0 Å². The van der Waals surface area contributed by atoms with E-state index in [1.54, 1.807) is 0 Å². The molecule has 0 unspecified atom stereocenters. The fraction of sp³-hybridized carbons (Fsp3) is 0.400. The van der Waals surface area contributed by atoms with E-state index in [0.717, 1.165) is 11.3 Å². The molecule has 1 N–H and O–H groups in total. The first-order valence-corrected chi connectivity index (χ1v) is 4.39. The third-order valence-corrected chi connectivity index (χ3v) is 2.72. The molecule has 0 aliphatic heterocycles. The third-order valence-electron chi connectivity index (χ3n) is 1.03. The second kappa shape index (κ2) is 3.31. The Bertz CT molecular complexity index is 285. The SMILES string of the molecule is OCc1nc(C(F)(F)F)c(Br)s1. The van der Waals surface area contributed by atoms with Crippen molar-refractivity contribution in [2.45, 2.75) is 12.8 Å². The summed E-state index contributed by atoms with van der Waals surface area (Å²) in [6.07, 6.45) is -4.46. The average Bonchev–Trinajstić information content (AvgIpc) is 2.29. The predicted molar refractivity (Wildman–Crippen MR) is 40.7 cm³/mol. The molecule has 1 rings (SSSR count). The van der Waals surface area contributed by atoms with E-state index in [1.165, 1.54) is 0 Å². The Kier molecular flexibility index (Phi) is 2.74. The van der Waals surface area contributed by atoms with Gasteiger partial charge in [-0.3, -0.25) is 0 Å². The van der Waals surface area contributed by atoms with Crippen molar-refractivity contribution in [2.24, 2.45) is 0 Å². The van der Waals surface area contributed by atoms with Crippen LogP contribution in [0.5, 0.6) is 0 Å². The van der Waals surface area contributed by atoms with Crippen molar-refractivity contribution in [3.8, 4) is 0 Å². The highest BCUT2D eigenvalue weighted by Crippen LogP contribution is 2.37. The first-order valence-electron chi connectivity index (χ1n) is 2.78. The maximum Gasteiger partial charge on any atom is 0.435 e. The lowest BCUT2D eigenvalue weighted by Gasteiger charge is -2.00. The molecule has 0 saturated carbocycles. The summed E-state index contributed by atoms with van der Waals surface area (Å²) in [4.78, 5) is 3.20. The molecule has 0 aliphatic carbocycles. The lowest BCUT2D eigenvalue weighted by molar-refractivity contribution is -0.141. The minimum absolute atomic E-state index is 0.0502. The Balaban J connectivity index is 3.08. The average molecular weight is 262 g/mol. The second-order valence-corrected chi connectivity index (χ2v) is 4.29. The van der Waals surface area contributed by atoms with Crippen LogP contribution >= 0.6 is 27.3 Å². The van der Waals surface area contributed by atoms with E-state index < -0.39 is 18.5 Å². The molecular weight excluding hydrogens is 259 g/mol. The van der Waals surface area contributed by atoms with Crippen LogP contribution in [0.3, 0.4) is 0 Å². The molecule has 0 amide bonds. The van der Waals surface area contributed by atoms with Crippen LogP contribution in [0.4, 0.5) is 13.2 Å². The van der Waals surface area contributed by atoms with Crippen LogP contribution in [0.15, 0.2) is 3.79 Å². The number of alkyl halides is 3. The molecule has 0 radical (unpaired) electrons. The number of rotatable bonds is 1. The summed E-state index contributed by atoms with van der Waals surface area (Å²) in [5.41, 5.74) is -0.975. The van der Waals surface area contributed by atoms with E-state index in [0.29, 0.717) is 0 Å². The summed E-state index contributed by atoms with van der Waals surface area (Å²) in [6, 6.07) is 0. The second-order valence-electron chi connectivity index (χ2n) is 1.89. The first-order chi connectivity index (χ1) is 5.45. The molecule has 0 atom stereocenters. The van der Waals surface area contributed by atoms with E-state index >= 15 is 0 Å². The number of nitrogens with zero attached hydrogens (tertiary/aromatic N) is 1. The van der Waals surface area contributed by atoms with Gasteiger partial charge in [-0.1, -0.05) is 0 Å². The lowest BCUT2D eigenvalue weighted by atomic mass is 10.5. The van der Waals surface area contributed by atoms with Gasteiger partial charge in [0.2, 0.25) is 0 Å². The largest absolute Gasteiger partial charge is 0.435 e. The van der Waals surface area contributed by atoms with Gasteiger partial charge in [-0.25, -0.2) is 4.98 Å². The van der Waals surface area contributed by atoms with Crippen molar-refractivity contribution in [2.75, 3.05) is 0 Å². The van der Waals surface area contributed by atoms with Crippen molar-refractivity contribution in [3.63, 3.8) is 0 Å². The van der Waals surface area contributed by atoms with Gasteiger partial charge in [0.1, 0.15) is 8.79 Å². The van der Waals surface area contributed by atoms with E-state index in [-0.39, 0.29) is 8.79 Å². The van der Waals surface area contributed by atoms with Crippen molar-refractivity contribution in [1.82, 2.24) is 4.98 Å². The number of halogens is 4. The number of hydrogen-bond donors (Lipinski definition) is 1. The van der Waals surface area contributed by atoms with E-state index in [2.05, 4.69) is 20.9 Å². The van der Waals surface area contributed by atoms with Crippen LogP contribution < -0.4 is 0 Å². The Labute approximate surface area is 78.2 Å². The Morgan fingerprint density at radius 3 is 2.33 bits per heavy atom. The molecule has 7 heteroatoms. The quantitative estimate of drug-likeness (QED) is 0.843. The highest BCUT2D eigenvalue weighted by molar-refractivity contribution is 9.11. The van der Waals surface area contributed by atoms with Gasteiger partial charge in [0.15, 0.2) is 5.69 Å². The Hall–Kier alpha value is -0.140.